The van der Waals surface area contributed by atoms with Gasteiger partial charge in [0.15, 0.2) is 0 Å². The van der Waals surface area contributed by atoms with Crippen LogP contribution in [0.15, 0.2) is 12.1 Å². The van der Waals surface area contributed by atoms with Crippen molar-refractivity contribution in [1.29, 1.82) is 0 Å². The summed E-state index contributed by atoms with van der Waals surface area (Å²) in [4.78, 5) is 0.959. The van der Waals surface area contributed by atoms with Gasteiger partial charge in [0.1, 0.15) is 0 Å². The van der Waals surface area contributed by atoms with Gasteiger partial charge >= 0.3 is 0 Å². The van der Waals surface area contributed by atoms with E-state index in [1.165, 1.54) is 11.3 Å². The highest BCUT2D eigenvalue weighted by atomic mass is 35.5. The van der Waals surface area contributed by atoms with Gasteiger partial charge in [0, 0.05) is 10.6 Å². The molecule has 0 aliphatic heterocycles. The van der Waals surface area contributed by atoms with Crippen molar-refractivity contribution in [1.82, 2.24) is 0 Å². The van der Waals surface area contributed by atoms with E-state index in [2.05, 4.69) is 6.92 Å². The minimum Gasteiger partial charge on any atom is -0.387 e. The van der Waals surface area contributed by atoms with Gasteiger partial charge in [-0.3, -0.25) is 0 Å². The molecule has 0 saturated carbocycles. The molecule has 68 valence electrons. The molecule has 1 aromatic rings. The third-order valence-corrected chi connectivity index (χ3v) is 3.69. The smallest absolute Gasteiger partial charge is 0.0972 e. The summed E-state index contributed by atoms with van der Waals surface area (Å²) >= 11 is 8.92. The molecule has 1 nitrogen and oxygen atoms in total. The molecule has 4 heteroatoms. The van der Waals surface area contributed by atoms with Crippen molar-refractivity contribution in [3.05, 3.63) is 21.3 Å². The molecule has 0 radical (unpaired) electrons. The van der Waals surface area contributed by atoms with Gasteiger partial charge in [-0.15, -0.1) is 11.3 Å². The normalized spacial score (nSPS) is 13.2. The summed E-state index contributed by atoms with van der Waals surface area (Å²) in [5.74, 6) is 1.80. The first-order valence-electron chi connectivity index (χ1n) is 3.75. The molecule has 1 aromatic heterocycles. The van der Waals surface area contributed by atoms with Crippen LogP contribution in [0, 0.1) is 0 Å². The number of hydrogen-bond donors (Lipinski definition) is 1. The van der Waals surface area contributed by atoms with Gasteiger partial charge in [-0.2, -0.15) is 11.8 Å². The van der Waals surface area contributed by atoms with E-state index in [0.29, 0.717) is 0 Å². The quantitative estimate of drug-likeness (QED) is 0.845. The summed E-state index contributed by atoms with van der Waals surface area (Å²) in [5.41, 5.74) is 0. The van der Waals surface area contributed by atoms with E-state index in [1.807, 2.05) is 12.1 Å². The van der Waals surface area contributed by atoms with E-state index in [4.69, 9.17) is 11.6 Å². The van der Waals surface area contributed by atoms with Crippen LogP contribution in [0.1, 0.15) is 17.9 Å². The van der Waals surface area contributed by atoms with Gasteiger partial charge in [-0.1, -0.05) is 18.5 Å². The van der Waals surface area contributed by atoms with Gasteiger partial charge in [0.05, 0.1) is 10.4 Å². The third kappa shape index (κ3) is 2.98. The zero-order chi connectivity index (χ0) is 8.97. The zero-order valence-electron chi connectivity index (χ0n) is 6.79. The van der Waals surface area contributed by atoms with Crippen LogP contribution in [-0.4, -0.2) is 16.6 Å². The maximum Gasteiger partial charge on any atom is 0.0972 e. The Hall–Kier alpha value is 0.300. The fraction of sp³-hybridized carbons (Fsp3) is 0.500. The lowest BCUT2D eigenvalue weighted by molar-refractivity contribution is 0.208. The molecule has 1 rings (SSSR count). The number of thioether (sulfide) groups is 1. The Balaban J connectivity index is 2.47. The SMILES string of the molecule is CCSCC(O)c1ccc(Cl)s1. The number of aliphatic hydroxyl groups excluding tert-OH is 1. The highest BCUT2D eigenvalue weighted by Gasteiger charge is 2.08. The van der Waals surface area contributed by atoms with E-state index in [-0.39, 0.29) is 6.10 Å². The molecule has 0 fully saturated rings. The molecule has 12 heavy (non-hydrogen) atoms. The Morgan fingerprint density at radius 3 is 2.92 bits per heavy atom. The minimum absolute atomic E-state index is 0.354. The molecule has 0 bridgehead atoms. The number of aliphatic hydroxyl groups is 1. The first-order valence-corrected chi connectivity index (χ1v) is 6.10. The minimum atomic E-state index is -0.354. The Labute approximate surface area is 85.8 Å². The molecule has 0 saturated heterocycles. The Kier molecular flexibility index (Phi) is 4.43. The maximum absolute atomic E-state index is 9.60. The number of hydrogen-bond acceptors (Lipinski definition) is 3. The fourth-order valence-corrected chi connectivity index (χ4v) is 2.61. The highest BCUT2D eigenvalue weighted by molar-refractivity contribution is 7.99. The van der Waals surface area contributed by atoms with Crippen molar-refractivity contribution in [2.45, 2.75) is 13.0 Å². The Bertz CT molecular complexity index is 237. The second kappa shape index (κ2) is 5.12. The lowest BCUT2D eigenvalue weighted by Gasteiger charge is -2.05. The first-order chi connectivity index (χ1) is 5.74. The lowest BCUT2D eigenvalue weighted by atomic mass is 10.3. The molecule has 0 amide bonds. The first kappa shape index (κ1) is 10.4. The van der Waals surface area contributed by atoms with Gasteiger partial charge in [-0.25, -0.2) is 0 Å². The van der Waals surface area contributed by atoms with Crippen LogP contribution in [0.25, 0.3) is 0 Å². The third-order valence-electron chi connectivity index (χ3n) is 1.40. The van der Waals surface area contributed by atoms with Crippen molar-refractivity contribution in [2.75, 3.05) is 11.5 Å². The molecule has 0 aliphatic carbocycles. The van der Waals surface area contributed by atoms with Crippen LogP contribution in [0.2, 0.25) is 4.34 Å². The Morgan fingerprint density at radius 2 is 2.42 bits per heavy atom. The highest BCUT2D eigenvalue weighted by Crippen LogP contribution is 2.28. The second-order valence-corrected chi connectivity index (χ2v) is 5.38. The van der Waals surface area contributed by atoms with Crippen molar-refractivity contribution >= 4 is 34.7 Å². The van der Waals surface area contributed by atoms with Crippen molar-refractivity contribution in [2.24, 2.45) is 0 Å². The molecule has 0 spiro atoms. The average molecular weight is 223 g/mol. The topological polar surface area (TPSA) is 20.2 Å². The predicted octanol–water partition coefficient (Wildman–Crippen LogP) is 3.19. The molecule has 0 aromatic carbocycles. The van der Waals surface area contributed by atoms with E-state index in [0.717, 1.165) is 20.7 Å². The monoisotopic (exact) mass is 222 g/mol. The summed E-state index contributed by atoms with van der Waals surface area (Å²) in [6.45, 7) is 2.08. The number of rotatable bonds is 4. The summed E-state index contributed by atoms with van der Waals surface area (Å²) in [7, 11) is 0. The molecule has 1 N–H and O–H groups in total. The molecule has 0 aliphatic rings. The van der Waals surface area contributed by atoms with Crippen LogP contribution in [0.4, 0.5) is 0 Å². The maximum atomic E-state index is 9.60. The van der Waals surface area contributed by atoms with Crippen molar-refractivity contribution in [3.8, 4) is 0 Å². The molecule has 1 heterocycles. The second-order valence-electron chi connectivity index (χ2n) is 2.32. The summed E-state index contributed by atoms with van der Waals surface area (Å²) in [6.07, 6.45) is -0.354. The van der Waals surface area contributed by atoms with Gasteiger partial charge in [0.2, 0.25) is 0 Å². The predicted molar refractivity (Wildman–Crippen MR) is 57.3 cm³/mol. The fourth-order valence-electron chi connectivity index (χ4n) is 0.819. The summed E-state index contributed by atoms with van der Waals surface area (Å²) in [5, 5.41) is 9.60. The van der Waals surface area contributed by atoms with Crippen LogP contribution in [0.5, 0.6) is 0 Å². The van der Waals surface area contributed by atoms with E-state index < -0.39 is 0 Å². The summed E-state index contributed by atoms with van der Waals surface area (Å²) < 4.78 is 0.741. The van der Waals surface area contributed by atoms with E-state index in [1.54, 1.807) is 11.8 Å². The standard InChI is InChI=1S/C8H11ClOS2/c1-2-11-5-6(10)7-3-4-8(9)12-7/h3-4,6,10H,2,5H2,1H3. The van der Waals surface area contributed by atoms with Gasteiger partial charge in [-0.05, 0) is 17.9 Å². The van der Waals surface area contributed by atoms with E-state index >= 15 is 0 Å². The van der Waals surface area contributed by atoms with E-state index in [9.17, 15) is 5.11 Å². The van der Waals surface area contributed by atoms with Crippen LogP contribution >= 0.6 is 34.7 Å². The van der Waals surface area contributed by atoms with Gasteiger partial charge in [0.25, 0.3) is 0 Å². The molecule has 1 unspecified atom stereocenters. The Morgan fingerprint density at radius 1 is 1.67 bits per heavy atom. The zero-order valence-corrected chi connectivity index (χ0v) is 9.18. The molecular weight excluding hydrogens is 212 g/mol. The largest absolute Gasteiger partial charge is 0.387 e. The van der Waals surface area contributed by atoms with Crippen LogP contribution < -0.4 is 0 Å². The molecule has 1 atom stereocenters. The molecular formula is C8H11ClOS2. The van der Waals surface area contributed by atoms with Crippen LogP contribution in [0.3, 0.4) is 0 Å². The van der Waals surface area contributed by atoms with Crippen LogP contribution in [-0.2, 0) is 0 Å². The van der Waals surface area contributed by atoms with Crippen molar-refractivity contribution in [3.63, 3.8) is 0 Å². The number of halogens is 1. The average Bonchev–Trinajstić information content (AvgIpc) is 2.47. The summed E-state index contributed by atoms with van der Waals surface area (Å²) in [6, 6.07) is 3.70. The lowest BCUT2D eigenvalue weighted by Crippen LogP contribution is -1.97. The number of thiophene rings is 1. The van der Waals surface area contributed by atoms with Gasteiger partial charge < -0.3 is 5.11 Å². The van der Waals surface area contributed by atoms with Crippen molar-refractivity contribution < 1.29 is 5.11 Å².